The molecule has 1 amide bonds. The monoisotopic (exact) mass is 229 g/mol. The number of hydrogen-bond donors (Lipinski definition) is 3. The van der Waals surface area contributed by atoms with Gasteiger partial charge >= 0.3 is 6.09 Å². The van der Waals surface area contributed by atoms with E-state index in [2.05, 4.69) is 16.2 Å². The number of nitrogens with one attached hydrogen (secondary N) is 3. The fourth-order valence-corrected chi connectivity index (χ4v) is 1.63. The Kier molecular flexibility index (Phi) is 5.02. The summed E-state index contributed by atoms with van der Waals surface area (Å²) in [5.41, 5.74) is 5.17. The van der Waals surface area contributed by atoms with Crippen molar-refractivity contribution in [3.8, 4) is 0 Å². The van der Waals surface area contributed by atoms with Crippen LogP contribution in [0.25, 0.3) is 0 Å². The predicted octanol–water partition coefficient (Wildman–Crippen LogP) is 1.16. The van der Waals surface area contributed by atoms with Crippen molar-refractivity contribution in [2.75, 3.05) is 13.1 Å². The lowest BCUT2D eigenvalue weighted by Gasteiger charge is -2.22. The molecule has 3 N–H and O–H groups in total. The van der Waals surface area contributed by atoms with Crippen LogP contribution in [0.4, 0.5) is 4.79 Å². The number of amides is 1. The van der Waals surface area contributed by atoms with Crippen LogP contribution in [0.3, 0.4) is 0 Å². The highest BCUT2D eigenvalue weighted by Gasteiger charge is 2.17. The summed E-state index contributed by atoms with van der Waals surface area (Å²) in [4.78, 5) is 11.4. The Morgan fingerprint density at radius 3 is 2.75 bits per heavy atom. The molecule has 5 nitrogen and oxygen atoms in total. The van der Waals surface area contributed by atoms with Gasteiger partial charge in [0.15, 0.2) is 0 Å². The van der Waals surface area contributed by atoms with Crippen molar-refractivity contribution in [1.82, 2.24) is 16.2 Å². The van der Waals surface area contributed by atoms with Gasteiger partial charge in [-0.15, -0.1) is 0 Å². The van der Waals surface area contributed by atoms with Crippen LogP contribution in [-0.2, 0) is 4.74 Å². The lowest BCUT2D eigenvalue weighted by molar-refractivity contribution is 0.0486. The van der Waals surface area contributed by atoms with Crippen molar-refractivity contribution < 1.29 is 9.53 Å². The van der Waals surface area contributed by atoms with E-state index in [0.717, 1.165) is 32.4 Å². The first-order chi connectivity index (χ1) is 7.47. The van der Waals surface area contributed by atoms with Gasteiger partial charge in [0, 0.05) is 6.04 Å². The van der Waals surface area contributed by atoms with Crippen molar-refractivity contribution in [2.45, 2.75) is 51.7 Å². The summed E-state index contributed by atoms with van der Waals surface area (Å²) in [5.74, 6) is 0. The molecule has 0 aliphatic carbocycles. The van der Waals surface area contributed by atoms with Crippen LogP contribution in [0, 0.1) is 0 Å². The van der Waals surface area contributed by atoms with Crippen molar-refractivity contribution in [3.63, 3.8) is 0 Å². The fourth-order valence-electron chi connectivity index (χ4n) is 1.63. The molecule has 0 saturated carbocycles. The third-order valence-corrected chi connectivity index (χ3v) is 2.35. The molecule has 0 bridgehead atoms. The van der Waals surface area contributed by atoms with E-state index >= 15 is 0 Å². The lowest BCUT2D eigenvalue weighted by Crippen LogP contribution is -2.46. The van der Waals surface area contributed by atoms with Crippen LogP contribution in [0.1, 0.15) is 40.0 Å². The SMILES string of the molecule is CC(C)(C)OC(=O)NNC1CCCNCC1. The summed E-state index contributed by atoms with van der Waals surface area (Å²) >= 11 is 0. The third kappa shape index (κ3) is 5.92. The molecule has 16 heavy (non-hydrogen) atoms. The van der Waals surface area contributed by atoms with E-state index in [-0.39, 0.29) is 0 Å². The Balaban J connectivity index is 2.20. The molecule has 0 radical (unpaired) electrons. The molecule has 94 valence electrons. The zero-order chi connectivity index (χ0) is 12.0. The minimum Gasteiger partial charge on any atom is -0.443 e. The maximum absolute atomic E-state index is 11.4. The van der Waals surface area contributed by atoms with Crippen LogP contribution < -0.4 is 16.2 Å². The second kappa shape index (κ2) is 6.06. The first kappa shape index (κ1) is 13.3. The van der Waals surface area contributed by atoms with Crippen LogP contribution >= 0.6 is 0 Å². The minimum atomic E-state index is -0.448. The molecule has 1 aliphatic rings. The third-order valence-electron chi connectivity index (χ3n) is 2.35. The van der Waals surface area contributed by atoms with Crippen molar-refractivity contribution in [3.05, 3.63) is 0 Å². The van der Waals surface area contributed by atoms with Gasteiger partial charge in [-0.25, -0.2) is 10.2 Å². The highest BCUT2D eigenvalue weighted by Crippen LogP contribution is 2.07. The molecule has 1 atom stereocenters. The average Bonchev–Trinajstić information content (AvgIpc) is 2.39. The van der Waals surface area contributed by atoms with Gasteiger partial charge in [-0.2, -0.15) is 0 Å². The van der Waals surface area contributed by atoms with Crippen molar-refractivity contribution in [1.29, 1.82) is 0 Å². The maximum atomic E-state index is 11.4. The molecular weight excluding hydrogens is 206 g/mol. The topological polar surface area (TPSA) is 62.4 Å². The van der Waals surface area contributed by atoms with Crippen LogP contribution in [0.5, 0.6) is 0 Å². The summed E-state index contributed by atoms with van der Waals surface area (Å²) in [7, 11) is 0. The normalized spacial score (nSPS) is 22.3. The Morgan fingerprint density at radius 2 is 2.06 bits per heavy atom. The molecule has 5 heteroatoms. The molecule has 1 heterocycles. The first-order valence-electron chi connectivity index (χ1n) is 5.92. The molecule has 0 aromatic carbocycles. The van der Waals surface area contributed by atoms with Gasteiger partial charge in [0.05, 0.1) is 0 Å². The van der Waals surface area contributed by atoms with Gasteiger partial charge in [0.25, 0.3) is 0 Å². The van der Waals surface area contributed by atoms with Crippen LogP contribution in [-0.4, -0.2) is 30.8 Å². The van der Waals surface area contributed by atoms with E-state index in [4.69, 9.17) is 4.74 Å². The quantitative estimate of drug-likeness (QED) is 0.622. The Hall–Kier alpha value is -0.810. The van der Waals surface area contributed by atoms with Crippen LogP contribution in [0.2, 0.25) is 0 Å². The Morgan fingerprint density at radius 1 is 1.31 bits per heavy atom. The first-order valence-corrected chi connectivity index (χ1v) is 5.92. The summed E-state index contributed by atoms with van der Waals surface area (Å²) < 4.78 is 5.13. The van der Waals surface area contributed by atoms with Gasteiger partial charge in [-0.3, -0.25) is 5.43 Å². The average molecular weight is 229 g/mol. The standard InChI is InChI=1S/C11H23N3O2/c1-11(2,3)16-10(15)14-13-9-5-4-7-12-8-6-9/h9,12-13H,4-8H2,1-3H3,(H,14,15). The summed E-state index contributed by atoms with van der Waals surface area (Å²) in [5, 5.41) is 3.32. The van der Waals surface area contributed by atoms with E-state index in [1.54, 1.807) is 0 Å². The van der Waals surface area contributed by atoms with Gasteiger partial charge < -0.3 is 10.1 Å². The zero-order valence-electron chi connectivity index (χ0n) is 10.4. The number of rotatable bonds is 2. The van der Waals surface area contributed by atoms with Crippen LogP contribution in [0.15, 0.2) is 0 Å². The van der Waals surface area contributed by atoms with E-state index in [0.29, 0.717) is 6.04 Å². The molecule has 0 spiro atoms. The molecule has 0 aromatic rings. The maximum Gasteiger partial charge on any atom is 0.422 e. The number of carbonyl (C=O) groups is 1. The van der Waals surface area contributed by atoms with Gasteiger partial charge in [0.2, 0.25) is 0 Å². The molecule has 1 fully saturated rings. The van der Waals surface area contributed by atoms with Crippen molar-refractivity contribution >= 4 is 6.09 Å². The summed E-state index contributed by atoms with van der Waals surface area (Å²) in [6, 6.07) is 0.336. The second-order valence-corrected chi connectivity index (χ2v) is 5.15. The van der Waals surface area contributed by atoms with E-state index < -0.39 is 11.7 Å². The molecule has 1 rings (SSSR count). The Labute approximate surface area is 97.3 Å². The molecule has 1 unspecified atom stereocenters. The summed E-state index contributed by atoms with van der Waals surface area (Å²) in [6.07, 6.45) is 2.82. The molecule has 1 saturated heterocycles. The Bertz CT molecular complexity index is 218. The predicted molar refractivity (Wildman–Crippen MR) is 63.0 cm³/mol. The largest absolute Gasteiger partial charge is 0.443 e. The minimum absolute atomic E-state index is 0.336. The van der Waals surface area contributed by atoms with E-state index in [9.17, 15) is 4.79 Å². The number of hydrazine groups is 1. The zero-order valence-corrected chi connectivity index (χ0v) is 10.4. The highest BCUT2D eigenvalue weighted by molar-refractivity contribution is 5.67. The molecular formula is C11H23N3O2. The number of ether oxygens (including phenoxy) is 1. The van der Waals surface area contributed by atoms with E-state index in [1.165, 1.54) is 0 Å². The number of hydrogen-bond acceptors (Lipinski definition) is 4. The van der Waals surface area contributed by atoms with Gasteiger partial charge in [-0.1, -0.05) is 0 Å². The fraction of sp³-hybridized carbons (Fsp3) is 0.909. The molecule has 1 aliphatic heterocycles. The van der Waals surface area contributed by atoms with Gasteiger partial charge in [0.1, 0.15) is 5.60 Å². The number of carbonyl (C=O) groups excluding carboxylic acids is 1. The van der Waals surface area contributed by atoms with E-state index in [1.807, 2.05) is 20.8 Å². The second-order valence-electron chi connectivity index (χ2n) is 5.15. The highest BCUT2D eigenvalue weighted by atomic mass is 16.6. The van der Waals surface area contributed by atoms with Crippen molar-refractivity contribution in [2.24, 2.45) is 0 Å². The summed E-state index contributed by atoms with van der Waals surface area (Å²) in [6.45, 7) is 7.60. The molecule has 0 aromatic heterocycles. The smallest absolute Gasteiger partial charge is 0.422 e. The lowest BCUT2D eigenvalue weighted by atomic mass is 10.1. The van der Waals surface area contributed by atoms with Gasteiger partial charge in [-0.05, 0) is 53.1 Å².